The average molecular weight is 218 g/mol. The zero-order valence-electron chi connectivity index (χ0n) is 9.13. The number of aromatic nitrogens is 3. The first kappa shape index (κ1) is 9.74. The molecule has 0 aliphatic carbocycles. The molecule has 2 unspecified atom stereocenters. The topological polar surface area (TPSA) is 65.4 Å². The monoisotopic (exact) mass is 218 g/mol. The largest absolute Gasteiger partial charge is 0.379 e. The maximum Gasteiger partial charge on any atom is 0.160 e. The Labute approximate surface area is 93.2 Å². The highest BCUT2D eigenvalue weighted by Crippen LogP contribution is 2.30. The van der Waals surface area contributed by atoms with Crippen molar-refractivity contribution < 1.29 is 4.74 Å². The minimum absolute atomic E-state index is 0.0277. The van der Waals surface area contributed by atoms with E-state index in [9.17, 15) is 0 Å². The van der Waals surface area contributed by atoms with Crippen LogP contribution in [0.25, 0.3) is 5.65 Å². The molecule has 0 saturated carbocycles. The van der Waals surface area contributed by atoms with Crippen molar-refractivity contribution in [2.24, 2.45) is 5.73 Å². The van der Waals surface area contributed by atoms with E-state index in [1.807, 2.05) is 28.8 Å². The third-order valence-corrected chi connectivity index (χ3v) is 3.34. The molecule has 3 heterocycles. The Morgan fingerprint density at radius 3 is 3.12 bits per heavy atom. The highest BCUT2D eigenvalue weighted by molar-refractivity contribution is 5.39. The molecule has 2 atom stereocenters. The molecule has 2 aromatic heterocycles. The summed E-state index contributed by atoms with van der Waals surface area (Å²) in [4.78, 5) is 0. The minimum Gasteiger partial charge on any atom is -0.379 e. The Hall–Kier alpha value is -1.46. The molecule has 2 aromatic rings. The van der Waals surface area contributed by atoms with E-state index in [0.717, 1.165) is 11.5 Å². The van der Waals surface area contributed by atoms with E-state index in [4.69, 9.17) is 10.5 Å². The third-order valence-electron chi connectivity index (χ3n) is 3.34. The summed E-state index contributed by atoms with van der Waals surface area (Å²) in [6.45, 7) is 3.26. The van der Waals surface area contributed by atoms with E-state index in [-0.39, 0.29) is 11.5 Å². The van der Waals surface area contributed by atoms with E-state index >= 15 is 0 Å². The van der Waals surface area contributed by atoms with Crippen LogP contribution in [0.1, 0.15) is 12.7 Å². The van der Waals surface area contributed by atoms with Crippen molar-refractivity contribution in [3.05, 3.63) is 30.2 Å². The van der Waals surface area contributed by atoms with Crippen molar-refractivity contribution in [1.82, 2.24) is 14.6 Å². The van der Waals surface area contributed by atoms with Gasteiger partial charge in [-0.25, -0.2) is 0 Å². The van der Waals surface area contributed by atoms with E-state index in [1.54, 1.807) is 0 Å². The van der Waals surface area contributed by atoms with Gasteiger partial charge in [-0.1, -0.05) is 6.07 Å². The Balaban J connectivity index is 2.19. The Bertz CT molecular complexity index is 523. The van der Waals surface area contributed by atoms with Gasteiger partial charge in [-0.05, 0) is 19.1 Å². The number of ether oxygens (including phenoxy) is 1. The van der Waals surface area contributed by atoms with Gasteiger partial charge in [-0.2, -0.15) is 0 Å². The maximum atomic E-state index is 6.09. The van der Waals surface area contributed by atoms with Crippen molar-refractivity contribution in [3.63, 3.8) is 0 Å². The molecule has 2 N–H and O–H groups in total. The van der Waals surface area contributed by atoms with Crippen LogP contribution in [0, 0.1) is 0 Å². The van der Waals surface area contributed by atoms with E-state index in [1.165, 1.54) is 0 Å². The van der Waals surface area contributed by atoms with Crippen molar-refractivity contribution in [2.75, 3.05) is 13.2 Å². The van der Waals surface area contributed by atoms with Crippen molar-refractivity contribution >= 4 is 5.65 Å². The molecule has 84 valence electrons. The van der Waals surface area contributed by atoms with E-state index < -0.39 is 0 Å². The first-order valence-corrected chi connectivity index (χ1v) is 5.35. The van der Waals surface area contributed by atoms with E-state index in [0.29, 0.717) is 13.2 Å². The molecule has 16 heavy (non-hydrogen) atoms. The van der Waals surface area contributed by atoms with Gasteiger partial charge in [0.25, 0.3) is 0 Å². The number of hydrogen-bond donors (Lipinski definition) is 1. The summed E-state index contributed by atoms with van der Waals surface area (Å²) in [6.07, 6.45) is 1.96. The van der Waals surface area contributed by atoms with Gasteiger partial charge in [0.05, 0.1) is 18.6 Å². The molecule has 1 saturated heterocycles. The summed E-state index contributed by atoms with van der Waals surface area (Å²) in [5.74, 6) is 0.883. The number of rotatable bonds is 1. The lowest BCUT2D eigenvalue weighted by atomic mass is 9.85. The van der Waals surface area contributed by atoms with Crippen LogP contribution in [0.2, 0.25) is 0 Å². The molecular formula is C11H14N4O. The van der Waals surface area contributed by atoms with Gasteiger partial charge in [0.1, 0.15) is 5.82 Å². The van der Waals surface area contributed by atoms with Crippen molar-refractivity contribution in [3.8, 4) is 0 Å². The van der Waals surface area contributed by atoms with Crippen LogP contribution in [0.5, 0.6) is 0 Å². The molecule has 0 bridgehead atoms. The second-order valence-electron chi connectivity index (χ2n) is 4.49. The van der Waals surface area contributed by atoms with Crippen molar-refractivity contribution in [2.45, 2.75) is 18.4 Å². The summed E-state index contributed by atoms with van der Waals surface area (Å²) in [5.41, 5.74) is 6.69. The molecule has 0 spiro atoms. The molecule has 1 aliphatic heterocycles. The Morgan fingerprint density at radius 1 is 1.50 bits per heavy atom. The molecule has 5 heteroatoms. The lowest BCUT2D eigenvalue weighted by Gasteiger charge is -2.24. The number of fused-ring (bicyclic) bond motifs is 1. The Morgan fingerprint density at radius 2 is 2.38 bits per heavy atom. The predicted molar refractivity (Wildman–Crippen MR) is 59.1 cm³/mol. The Kier molecular flexibility index (Phi) is 1.99. The lowest BCUT2D eigenvalue weighted by molar-refractivity contribution is 0.178. The number of pyridine rings is 1. The second kappa shape index (κ2) is 3.26. The standard InChI is InChI=1S/C11H14N4O/c1-11(7-16-6-8(11)12)10-14-13-9-4-2-3-5-15(9)10/h2-5,8H,6-7,12H2,1H3. The summed E-state index contributed by atoms with van der Waals surface area (Å²) >= 11 is 0. The highest BCUT2D eigenvalue weighted by atomic mass is 16.5. The van der Waals surface area contributed by atoms with Crippen LogP contribution in [-0.4, -0.2) is 33.9 Å². The zero-order chi connectivity index (χ0) is 11.2. The molecule has 0 amide bonds. The second-order valence-corrected chi connectivity index (χ2v) is 4.49. The fourth-order valence-electron chi connectivity index (χ4n) is 2.15. The van der Waals surface area contributed by atoms with Gasteiger partial charge in [0.2, 0.25) is 0 Å². The average Bonchev–Trinajstić information content (AvgIpc) is 2.85. The van der Waals surface area contributed by atoms with Crippen LogP contribution in [0.3, 0.4) is 0 Å². The number of nitrogens with two attached hydrogens (primary N) is 1. The van der Waals surface area contributed by atoms with Gasteiger partial charge in [0, 0.05) is 12.2 Å². The summed E-state index contributed by atoms with van der Waals surface area (Å²) < 4.78 is 7.42. The molecule has 0 radical (unpaired) electrons. The zero-order valence-corrected chi connectivity index (χ0v) is 9.13. The van der Waals surface area contributed by atoms with Gasteiger partial charge < -0.3 is 10.5 Å². The van der Waals surface area contributed by atoms with Gasteiger partial charge in [-0.15, -0.1) is 10.2 Å². The predicted octanol–water partition coefficient (Wildman–Crippen LogP) is 0.344. The quantitative estimate of drug-likeness (QED) is 0.749. The molecule has 1 aliphatic rings. The van der Waals surface area contributed by atoms with Gasteiger partial charge >= 0.3 is 0 Å². The number of nitrogens with zero attached hydrogens (tertiary/aromatic N) is 3. The van der Waals surface area contributed by atoms with Crippen LogP contribution in [-0.2, 0) is 10.2 Å². The van der Waals surface area contributed by atoms with Gasteiger partial charge in [0.15, 0.2) is 5.65 Å². The van der Waals surface area contributed by atoms with Crippen LogP contribution < -0.4 is 5.73 Å². The van der Waals surface area contributed by atoms with Crippen molar-refractivity contribution in [1.29, 1.82) is 0 Å². The minimum atomic E-state index is -0.249. The van der Waals surface area contributed by atoms with Crippen LogP contribution >= 0.6 is 0 Å². The smallest absolute Gasteiger partial charge is 0.160 e. The molecule has 3 rings (SSSR count). The first-order valence-electron chi connectivity index (χ1n) is 5.35. The van der Waals surface area contributed by atoms with Crippen LogP contribution in [0.15, 0.2) is 24.4 Å². The highest BCUT2D eigenvalue weighted by Gasteiger charge is 2.42. The molecule has 5 nitrogen and oxygen atoms in total. The summed E-state index contributed by atoms with van der Waals surface area (Å²) in [5, 5.41) is 8.40. The number of hydrogen-bond acceptors (Lipinski definition) is 4. The normalized spacial score (nSPS) is 30.0. The first-order chi connectivity index (χ1) is 7.72. The summed E-state index contributed by atoms with van der Waals surface area (Å²) in [6, 6.07) is 5.81. The third kappa shape index (κ3) is 1.19. The molecule has 1 fully saturated rings. The fraction of sp³-hybridized carbons (Fsp3) is 0.455. The van der Waals surface area contributed by atoms with E-state index in [2.05, 4.69) is 17.1 Å². The fourth-order valence-corrected chi connectivity index (χ4v) is 2.15. The van der Waals surface area contributed by atoms with Crippen LogP contribution in [0.4, 0.5) is 0 Å². The molecular weight excluding hydrogens is 204 g/mol. The summed E-state index contributed by atoms with van der Waals surface area (Å²) in [7, 11) is 0. The lowest BCUT2D eigenvalue weighted by Crippen LogP contribution is -2.43. The maximum absolute atomic E-state index is 6.09. The molecule has 0 aromatic carbocycles. The van der Waals surface area contributed by atoms with Gasteiger partial charge in [-0.3, -0.25) is 4.40 Å². The SMILES string of the molecule is CC1(c2nnc3ccccn23)COCC1N.